The first kappa shape index (κ1) is 44.3. The Morgan fingerprint density at radius 2 is 0.970 bits per heavy atom. The first-order valence-corrected chi connectivity index (χ1v) is 21.9. The van der Waals surface area contributed by atoms with Crippen molar-refractivity contribution in [3.63, 3.8) is 0 Å². The largest absolute Gasteiger partial charge is 0.494 e. The van der Waals surface area contributed by atoms with Crippen molar-refractivity contribution in [2.24, 2.45) is 0 Å². The Morgan fingerprint density at radius 3 is 1.33 bits per heavy atom. The number of ether oxygens (including phenoxy) is 2. The first-order valence-electron chi connectivity index (χ1n) is 21.1. The van der Waals surface area contributed by atoms with Gasteiger partial charge in [0.2, 0.25) is 11.9 Å². The molecule has 0 bridgehead atoms. The van der Waals surface area contributed by atoms with E-state index >= 15 is 0 Å². The van der Waals surface area contributed by atoms with Gasteiger partial charge in [0.25, 0.3) is 0 Å². The van der Waals surface area contributed by atoms with Crippen LogP contribution in [0.25, 0.3) is 11.4 Å². The number of halogens is 6. The van der Waals surface area contributed by atoms with E-state index in [1.165, 1.54) is 24.3 Å². The van der Waals surface area contributed by atoms with Crippen LogP contribution in [0.15, 0.2) is 97.8 Å². The molecule has 0 radical (unpaired) electrons. The van der Waals surface area contributed by atoms with Gasteiger partial charge in [-0.25, -0.2) is 36.9 Å². The number of anilines is 4. The molecule has 8 aromatic rings. The van der Waals surface area contributed by atoms with Crippen LogP contribution in [0.1, 0.15) is 73.1 Å². The molecule has 340 valence electrons. The van der Waals surface area contributed by atoms with Gasteiger partial charge in [-0.2, -0.15) is 9.97 Å². The zero-order chi connectivity index (χ0) is 45.9. The van der Waals surface area contributed by atoms with E-state index in [2.05, 4.69) is 40.8 Å². The summed E-state index contributed by atoms with van der Waals surface area (Å²) >= 11 is 11.9. The molecule has 0 fully saturated rings. The van der Waals surface area contributed by atoms with Gasteiger partial charge in [-0.3, -0.25) is 0 Å². The summed E-state index contributed by atoms with van der Waals surface area (Å²) in [6.07, 6.45) is 11.8. The van der Waals surface area contributed by atoms with Gasteiger partial charge >= 0.3 is 0 Å². The molecule has 4 aromatic heterocycles. The van der Waals surface area contributed by atoms with Gasteiger partial charge in [-0.15, -0.1) is 10.2 Å². The highest BCUT2D eigenvalue weighted by Crippen LogP contribution is 2.36. The lowest BCUT2D eigenvalue weighted by atomic mass is 9.93. The van der Waals surface area contributed by atoms with Gasteiger partial charge in [-0.1, -0.05) is 36.0 Å². The van der Waals surface area contributed by atoms with Crippen LogP contribution in [0, 0.1) is 23.3 Å². The summed E-state index contributed by atoms with van der Waals surface area (Å²) in [7, 11) is 3.17. The van der Waals surface area contributed by atoms with Crippen LogP contribution in [0.3, 0.4) is 0 Å². The van der Waals surface area contributed by atoms with E-state index in [1.54, 1.807) is 48.4 Å². The molecule has 0 saturated carbocycles. The third kappa shape index (κ3) is 9.84. The second kappa shape index (κ2) is 19.3. The molecule has 0 aliphatic carbocycles. The minimum Gasteiger partial charge on any atom is -0.494 e. The number of nitrogens with one attached hydrogen (secondary N) is 2. The van der Waals surface area contributed by atoms with Crippen LogP contribution < -0.4 is 20.1 Å². The molecule has 2 aliphatic heterocycles. The maximum Gasteiger partial charge on any atom is 0.246 e. The number of aryl methyl sites for hydroxylation is 2. The second-order valence-corrected chi connectivity index (χ2v) is 16.5. The van der Waals surface area contributed by atoms with Crippen LogP contribution in [-0.4, -0.2) is 62.9 Å². The van der Waals surface area contributed by atoms with Crippen LogP contribution in [0.5, 0.6) is 11.5 Å². The van der Waals surface area contributed by atoms with E-state index < -0.39 is 23.3 Å². The van der Waals surface area contributed by atoms with Crippen LogP contribution >= 0.6 is 23.2 Å². The Labute approximate surface area is 386 Å². The van der Waals surface area contributed by atoms with Crippen molar-refractivity contribution in [2.45, 2.75) is 63.5 Å². The molecule has 2 atom stereocenters. The van der Waals surface area contributed by atoms with Crippen molar-refractivity contribution in [3.05, 3.63) is 154 Å². The number of aromatic nitrogens is 10. The number of rotatable bonds is 10. The maximum absolute atomic E-state index is 13.9. The fraction of sp³-hybridized carbons (Fsp3) is 0.261. The standard InChI is InChI=1S/2C23H21ClF2N6O/c2*1-33-20-11-17(5-6-19(20)31-12-21(24)27-13-31)28-23-29-22-18(4-2-3-7-32(22)30-23)14-8-15(25)10-16(26)9-14/h2*5-6,8-13,18H,2-4,7H2,1H3,(H,28,30)/t2*18-/m10/s1. The van der Waals surface area contributed by atoms with Crippen molar-refractivity contribution in [2.75, 3.05) is 24.9 Å². The lowest BCUT2D eigenvalue weighted by Crippen LogP contribution is -2.09. The van der Waals surface area contributed by atoms with E-state index in [0.29, 0.717) is 69.6 Å². The SMILES string of the molecule is COc1cc(Nc2nc3n(n2)CCCC[C@@H]3c2cc(F)cc(F)c2)ccc1-n1cnc(Cl)c1.COc1cc(Nc2nc3n(n2)CCCC[C@H]3c2cc(F)cc(F)c2)ccc1-n1cnc(Cl)c1. The van der Waals surface area contributed by atoms with Gasteiger partial charge in [0.15, 0.2) is 0 Å². The van der Waals surface area contributed by atoms with Crippen molar-refractivity contribution in [3.8, 4) is 22.9 Å². The van der Waals surface area contributed by atoms with Crippen molar-refractivity contribution < 1.29 is 27.0 Å². The van der Waals surface area contributed by atoms with E-state index in [9.17, 15) is 17.6 Å². The molecule has 2 aliphatic rings. The van der Waals surface area contributed by atoms with E-state index in [1.807, 2.05) is 45.8 Å². The van der Waals surface area contributed by atoms with Crippen LogP contribution in [0.4, 0.5) is 40.8 Å². The van der Waals surface area contributed by atoms with Gasteiger partial charge in [-0.05, 0) is 85.3 Å². The molecular weight excluding hydrogens is 899 g/mol. The maximum atomic E-state index is 13.9. The number of imidazole rings is 2. The number of hydrogen-bond acceptors (Lipinski definition) is 10. The average molecular weight is 942 g/mol. The van der Waals surface area contributed by atoms with Crippen molar-refractivity contribution in [1.82, 2.24) is 48.6 Å². The fourth-order valence-corrected chi connectivity index (χ4v) is 8.68. The molecule has 0 amide bonds. The van der Waals surface area contributed by atoms with Crippen molar-refractivity contribution >= 4 is 46.5 Å². The van der Waals surface area contributed by atoms with E-state index in [-0.39, 0.29) is 11.8 Å². The summed E-state index contributed by atoms with van der Waals surface area (Å²) in [6, 6.07) is 18.4. The molecule has 2 N–H and O–H groups in total. The Hall–Kier alpha value is -6.92. The monoisotopic (exact) mass is 940 g/mol. The lowest BCUT2D eigenvalue weighted by Gasteiger charge is -2.14. The summed E-state index contributed by atoms with van der Waals surface area (Å²) in [5.74, 6) is 0.597. The molecule has 0 unspecified atom stereocenters. The van der Waals surface area contributed by atoms with Crippen LogP contribution in [-0.2, 0) is 13.1 Å². The Balaban J connectivity index is 0.000000166. The minimum atomic E-state index is -0.593. The predicted octanol–water partition coefficient (Wildman–Crippen LogP) is 10.9. The van der Waals surface area contributed by atoms with Crippen molar-refractivity contribution in [1.29, 1.82) is 0 Å². The second-order valence-electron chi connectivity index (χ2n) is 15.8. The summed E-state index contributed by atoms with van der Waals surface area (Å²) in [4.78, 5) is 17.4. The van der Waals surface area contributed by atoms with Gasteiger partial charge in [0.1, 0.15) is 69.4 Å². The number of benzene rings is 4. The minimum absolute atomic E-state index is 0.233. The molecule has 6 heterocycles. The summed E-state index contributed by atoms with van der Waals surface area (Å²) in [5.41, 5.74) is 4.17. The zero-order valence-corrected chi connectivity index (χ0v) is 37.1. The molecule has 0 spiro atoms. The third-order valence-electron chi connectivity index (χ3n) is 11.4. The summed E-state index contributed by atoms with van der Waals surface area (Å²) < 4.78 is 73.7. The van der Waals surface area contributed by atoms with Gasteiger partial charge in [0.05, 0.1) is 25.6 Å². The molecule has 66 heavy (non-hydrogen) atoms. The Kier molecular flexibility index (Phi) is 12.9. The molecule has 10 rings (SSSR count). The lowest BCUT2D eigenvalue weighted by molar-refractivity contribution is 0.413. The average Bonchev–Trinajstić information content (AvgIpc) is 4.06. The van der Waals surface area contributed by atoms with Gasteiger partial charge in [0, 0.05) is 73.0 Å². The molecule has 4 aromatic carbocycles. The highest BCUT2D eigenvalue weighted by molar-refractivity contribution is 6.29. The number of methoxy groups -OCH3 is 2. The molecule has 0 saturated heterocycles. The van der Waals surface area contributed by atoms with E-state index in [4.69, 9.17) is 32.7 Å². The Morgan fingerprint density at radius 1 is 0.561 bits per heavy atom. The highest BCUT2D eigenvalue weighted by Gasteiger charge is 2.27. The Bertz CT molecular complexity index is 2770. The molecule has 14 nitrogen and oxygen atoms in total. The predicted molar refractivity (Wildman–Crippen MR) is 241 cm³/mol. The number of hydrogen-bond donors (Lipinski definition) is 2. The molecule has 20 heteroatoms. The summed E-state index contributed by atoms with van der Waals surface area (Å²) in [6.45, 7) is 1.39. The number of nitrogens with zero attached hydrogens (tertiary/aromatic N) is 10. The smallest absolute Gasteiger partial charge is 0.246 e. The van der Waals surface area contributed by atoms with Crippen LogP contribution in [0.2, 0.25) is 10.3 Å². The normalized spacial score (nSPS) is 15.7. The third-order valence-corrected chi connectivity index (χ3v) is 11.7. The number of fused-ring (bicyclic) bond motifs is 2. The first-order chi connectivity index (χ1) is 32.0. The topological polar surface area (TPSA) is 140 Å². The zero-order valence-electron chi connectivity index (χ0n) is 35.6. The van der Waals surface area contributed by atoms with Gasteiger partial charge < -0.3 is 29.2 Å². The van der Waals surface area contributed by atoms with E-state index in [0.717, 1.165) is 73.4 Å². The highest BCUT2D eigenvalue weighted by atomic mass is 35.5. The summed E-state index contributed by atoms with van der Waals surface area (Å²) in [5, 5.41) is 16.4. The molecular formula is C46H42Cl2F4N12O2. The fourth-order valence-electron chi connectivity index (χ4n) is 8.38. The quantitative estimate of drug-likeness (QED) is 0.127.